The number of carbonyl (C=O) groups is 2. The number of rotatable bonds is 0. The smallest absolute Gasteiger partial charge is 0.214 e. The molecule has 0 aliphatic heterocycles. The molecule has 4 heteroatoms. The lowest BCUT2D eigenvalue weighted by Gasteiger charge is -2.50. The van der Waals surface area contributed by atoms with Crippen molar-refractivity contribution < 1.29 is 9.59 Å². The summed E-state index contributed by atoms with van der Waals surface area (Å²) in [5.74, 6) is 0.109. The number of nitrogens with zero attached hydrogens (tertiary/aromatic N) is 1. The molecule has 1 amide bonds. The number of Topliss-reactive ketones (excluding diaryl/α,β-unsaturated/α-hetero) is 1. The van der Waals surface area contributed by atoms with Gasteiger partial charge in [-0.3, -0.25) is 9.59 Å². The Morgan fingerprint density at radius 1 is 1.40 bits per heavy atom. The average Bonchev–Trinajstić information content (AvgIpc) is 2.33. The fourth-order valence-electron chi connectivity index (χ4n) is 3.70. The number of primary amides is 1. The summed E-state index contributed by atoms with van der Waals surface area (Å²) in [5, 5.41) is 9.06. The third-order valence-corrected chi connectivity index (χ3v) is 4.55. The van der Waals surface area contributed by atoms with E-state index in [9.17, 15) is 9.59 Å². The van der Waals surface area contributed by atoms with Gasteiger partial charge in [0.1, 0.15) is 6.07 Å². The molecule has 0 aromatic heterocycles. The molecule has 1 fully saturated rings. The molecule has 2 N–H and O–H groups in total. The third-order valence-electron chi connectivity index (χ3n) is 4.55. The number of ketones is 1. The van der Waals surface area contributed by atoms with Crippen LogP contribution in [0.1, 0.15) is 53.4 Å². The van der Waals surface area contributed by atoms with Gasteiger partial charge in [0.15, 0.2) is 5.78 Å². The predicted octanol–water partition coefficient (Wildman–Crippen LogP) is 2.73. The van der Waals surface area contributed by atoms with Gasteiger partial charge in [-0.25, -0.2) is 0 Å². The SMILES string of the molecule is CC(N)=O.CC12C=C(C#N)C(=O)C(C)(C)C1CCCC2. The lowest BCUT2D eigenvalue weighted by atomic mass is 9.52. The van der Waals surface area contributed by atoms with Crippen LogP contribution < -0.4 is 5.73 Å². The van der Waals surface area contributed by atoms with Crippen molar-refractivity contribution in [1.29, 1.82) is 5.26 Å². The second-order valence-electron chi connectivity index (χ2n) is 6.64. The molecular formula is C16H24N2O2. The minimum absolute atomic E-state index is 0.0411. The fraction of sp³-hybridized carbons (Fsp3) is 0.688. The Hall–Kier alpha value is -1.63. The molecule has 4 nitrogen and oxygen atoms in total. The zero-order valence-electron chi connectivity index (χ0n) is 12.8. The monoisotopic (exact) mass is 276 g/mol. The molecule has 0 saturated heterocycles. The van der Waals surface area contributed by atoms with E-state index in [4.69, 9.17) is 5.26 Å². The molecule has 0 heterocycles. The van der Waals surface area contributed by atoms with Crippen LogP contribution in [0.3, 0.4) is 0 Å². The summed E-state index contributed by atoms with van der Waals surface area (Å²) < 4.78 is 0. The van der Waals surface area contributed by atoms with E-state index in [1.165, 1.54) is 19.8 Å². The third kappa shape index (κ3) is 3.09. The van der Waals surface area contributed by atoms with E-state index in [-0.39, 0.29) is 22.5 Å². The van der Waals surface area contributed by atoms with Crippen LogP contribution >= 0.6 is 0 Å². The molecule has 110 valence electrons. The highest BCUT2D eigenvalue weighted by Gasteiger charge is 2.51. The quantitative estimate of drug-likeness (QED) is 0.738. The molecule has 0 spiro atoms. The highest BCUT2D eigenvalue weighted by atomic mass is 16.1. The van der Waals surface area contributed by atoms with Crippen molar-refractivity contribution in [3.05, 3.63) is 11.6 Å². The van der Waals surface area contributed by atoms with Crippen molar-refractivity contribution in [1.82, 2.24) is 0 Å². The summed E-state index contributed by atoms with van der Waals surface area (Å²) in [6, 6.07) is 2.08. The Kier molecular flexibility index (Phi) is 4.75. The molecule has 2 aliphatic carbocycles. The first kappa shape index (κ1) is 16.4. The molecule has 2 atom stereocenters. The molecule has 0 aromatic carbocycles. The van der Waals surface area contributed by atoms with Gasteiger partial charge in [-0.1, -0.05) is 39.7 Å². The highest BCUT2D eigenvalue weighted by molar-refractivity contribution is 6.04. The van der Waals surface area contributed by atoms with Crippen molar-refractivity contribution in [3.63, 3.8) is 0 Å². The van der Waals surface area contributed by atoms with Gasteiger partial charge in [0.25, 0.3) is 0 Å². The van der Waals surface area contributed by atoms with E-state index >= 15 is 0 Å². The van der Waals surface area contributed by atoms with Gasteiger partial charge >= 0.3 is 0 Å². The number of allylic oxidation sites excluding steroid dienone is 2. The van der Waals surface area contributed by atoms with Gasteiger partial charge in [0, 0.05) is 12.3 Å². The summed E-state index contributed by atoms with van der Waals surface area (Å²) in [6.45, 7) is 7.53. The lowest BCUT2D eigenvalue weighted by molar-refractivity contribution is -0.130. The average molecular weight is 276 g/mol. The Morgan fingerprint density at radius 3 is 2.45 bits per heavy atom. The van der Waals surface area contributed by atoms with E-state index in [0.717, 1.165) is 12.8 Å². The number of carbonyl (C=O) groups excluding carboxylic acids is 2. The summed E-state index contributed by atoms with van der Waals surface area (Å²) in [4.78, 5) is 21.4. The first-order valence-electron chi connectivity index (χ1n) is 7.09. The zero-order valence-corrected chi connectivity index (χ0v) is 12.8. The van der Waals surface area contributed by atoms with Gasteiger partial charge in [-0.05, 0) is 24.2 Å². The Bertz CT molecular complexity index is 481. The van der Waals surface area contributed by atoms with E-state index in [2.05, 4.69) is 18.7 Å². The van der Waals surface area contributed by atoms with Crippen LogP contribution in [0.5, 0.6) is 0 Å². The van der Waals surface area contributed by atoms with E-state index in [0.29, 0.717) is 11.5 Å². The zero-order chi connectivity index (χ0) is 15.6. The van der Waals surface area contributed by atoms with Crippen LogP contribution in [-0.2, 0) is 9.59 Å². The topological polar surface area (TPSA) is 83.9 Å². The minimum Gasteiger partial charge on any atom is -0.370 e. The molecule has 1 saturated carbocycles. The summed E-state index contributed by atoms with van der Waals surface area (Å²) in [7, 11) is 0. The molecule has 2 aliphatic rings. The standard InChI is InChI=1S/C14H19NO.C2H5NO/c1-13(2)11-6-4-5-7-14(11,3)8-10(9-15)12(13)16;1-2(3)4/h8,11H,4-7H2,1-3H3;1H3,(H2,3,4). The summed E-state index contributed by atoms with van der Waals surface area (Å²) in [5.41, 5.74) is 4.54. The maximum Gasteiger partial charge on any atom is 0.214 e. The van der Waals surface area contributed by atoms with Gasteiger partial charge in [-0.15, -0.1) is 0 Å². The number of hydrogen-bond acceptors (Lipinski definition) is 3. The van der Waals surface area contributed by atoms with Gasteiger partial charge < -0.3 is 5.73 Å². The van der Waals surface area contributed by atoms with Crippen LogP contribution in [0.4, 0.5) is 0 Å². The summed E-state index contributed by atoms with van der Waals surface area (Å²) in [6.07, 6.45) is 6.60. The molecule has 20 heavy (non-hydrogen) atoms. The van der Waals surface area contributed by atoms with Crippen molar-refractivity contribution in [2.75, 3.05) is 0 Å². The molecule has 0 bridgehead atoms. The Balaban J connectivity index is 0.000000444. The molecular weight excluding hydrogens is 252 g/mol. The van der Waals surface area contributed by atoms with Crippen molar-refractivity contribution in [2.24, 2.45) is 22.5 Å². The van der Waals surface area contributed by atoms with E-state index in [1.54, 1.807) is 0 Å². The molecule has 2 unspecified atom stereocenters. The van der Waals surface area contributed by atoms with Crippen LogP contribution in [0.25, 0.3) is 0 Å². The second kappa shape index (κ2) is 5.78. The Labute approximate surface area is 121 Å². The lowest BCUT2D eigenvalue weighted by Crippen LogP contribution is -2.47. The normalized spacial score (nSPS) is 31.1. The van der Waals surface area contributed by atoms with Crippen LogP contribution in [0, 0.1) is 28.1 Å². The maximum absolute atomic E-state index is 12.2. The van der Waals surface area contributed by atoms with Crippen molar-refractivity contribution in [2.45, 2.75) is 53.4 Å². The number of fused-ring (bicyclic) bond motifs is 1. The number of hydrogen-bond donors (Lipinski definition) is 1. The minimum atomic E-state index is -0.366. The molecule has 0 aromatic rings. The fourth-order valence-corrected chi connectivity index (χ4v) is 3.70. The van der Waals surface area contributed by atoms with Gasteiger partial charge in [0.05, 0.1) is 5.57 Å². The van der Waals surface area contributed by atoms with E-state index < -0.39 is 0 Å². The van der Waals surface area contributed by atoms with Crippen LogP contribution in [0.15, 0.2) is 11.6 Å². The van der Waals surface area contributed by atoms with Crippen LogP contribution in [0.2, 0.25) is 0 Å². The number of amides is 1. The predicted molar refractivity (Wildman–Crippen MR) is 77.4 cm³/mol. The first-order chi connectivity index (χ1) is 9.15. The van der Waals surface area contributed by atoms with Gasteiger partial charge in [0.2, 0.25) is 5.91 Å². The summed E-state index contributed by atoms with van der Waals surface area (Å²) >= 11 is 0. The van der Waals surface area contributed by atoms with Gasteiger partial charge in [-0.2, -0.15) is 5.26 Å². The van der Waals surface area contributed by atoms with Crippen LogP contribution in [-0.4, -0.2) is 11.7 Å². The second-order valence-corrected chi connectivity index (χ2v) is 6.64. The Morgan fingerprint density at radius 2 is 1.95 bits per heavy atom. The number of nitrogens with two attached hydrogens (primary N) is 1. The maximum atomic E-state index is 12.2. The molecule has 2 rings (SSSR count). The molecule has 0 radical (unpaired) electrons. The number of nitriles is 1. The van der Waals surface area contributed by atoms with Crippen molar-refractivity contribution >= 4 is 11.7 Å². The van der Waals surface area contributed by atoms with Crippen molar-refractivity contribution in [3.8, 4) is 6.07 Å². The first-order valence-corrected chi connectivity index (χ1v) is 7.09. The largest absolute Gasteiger partial charge is 0.370 e. The highest BCUT2D eigenvalue weighted by Crippen LogP contribution is 2.54. The van der Waals surface area contributed by atoms with E-state index in [1.807, 2.05) is 19.9 Å².